The average Bonchev–Trinajstić information content (AvgIpc) is 2.73. The maximum atomic E-state index is 12.1. The van der Waals surface area contributed by atoms with Crippen molar-refractivity contribution in [3.63, 3.8) is 0 Å². The molecule has 1 heterocycles. The lowest BCUT2D eigenvalue weighted by Gasteiger charge is -2.05. The Kier molecular flexibility index (Phi) is 3.76. The largest absolute Gasteiger partial charge is 0.507 e. The number of phenolic OH excluding ortho intramolecular Hbond substituents is 1. The number of aromatic carboxylic acids is 1. The van der Waals surface area contributed by atoms with Crippen molar-refractivity contribution in [2.75, 3.05) is 5.32 Å². The molecule has 3 N–H and O–H groups in total. The van der Waals surface area contributed by atoms with E-state index in [4.69, 9.17) is 5.11 Å². The van der Waals surface area contributed by atoms with Gasteiger partial charge >= 0.3 is 5.97 Å². The third kappa shape index (κ3) is 2.80. The Morgan fingerprint density at radius 2 is 1.90 bits per heavy atom. The first-order valence-electron chi connectivity index (χ1n) is 5.83. The molecule has 0 fully saturated rings. The van der Waals surface area contributed by atoms with E-state index >= 15 is 0 Å². The Bertz CT molecular complexity index is 690. The van der Waals surface area contributed by atoms with Gasteiger partial charge in [0.1, 0.15) is 10.6 Å². The number of benzene rings is 1. The van der Waals surface area contributed by atoms with Crippen LogP contribution in [-0.2, 0) is 0 Å². The van der Waals surface area contributed by atoms with Crippen LogP contribution < -0.4 is 5.32 Å². The van der Waals surface area contributed by atoms with Crippen molar-refractivity contribution in [3.05, 3.63) is 45.8 Å². The molecule has 5 nitrogen and oxygen atoms in total. The first kappa shape index (κ1) is 14.1. The second-order valence-corrected chi connectivity index (χ2v) is 5.45. The fraction of sp³-hybridized carbons (Fsp3) is 0.143. The highest BCUT2D eigenvalue weighted by atomic mass is 32.1. The zero-order valence-corrected chi connectivity index (χ0v) is 11.7. The number of rotatable bonds is 3. The van der Waals surface area contributed by atoms with Gasteiger partial charge in [-0.15, -0.1) is 11.3 Å². The summed E-state index contributed by atoms with van der Waals surface area (Å²) >= 11 is 0.988. The van der Waals surface area contributed by atoms with Crippen LogP contribution in [-0.4, -0.2) is 22.1 Å². The molecule has 1 aromatic carbocycles. The molecule has 1 aromatic heterocycles. The Morgan fingerprint density at radius 3 is 2.50 bits per heavy atom. The zero-order chi connectivity index (χ0) is 14.9. The first-order chi connectivity index (χ1) is 9.38. The Morgan fingerprint density at radius 1 is 1.20 bits per heavy atom. The van der Waals surface area contributed by atoms with Crippen LogP contribution >= 0.6 is 11.3 Å². The molecule has 20 heavy (non-hydrogen) atoms. The van der Waals surface area contributed by atoms with Gasteiger partial charge in [0.2, 0.25) is 0 Å². The number of aryl methyl sites for hydroxylation is 2. The number of carboxylic acid groups (broad SMARTS) is 1. The minimum absolute atomic E-state index is 0.111. The fourth-order valence-electron chi connectivity index (χ4n) is 1.77. The van der Waals surface area contributed by atoms with Crippen molar-refractivity contribution in [2.24, 2.45) is 0 Å². The standard InChI is InChI=1S/C14H13NO4S/c1-7-3-4-10(16)9(5-7)13(17)15-11-6-8(2)12(20-11)14(18)19/h3-6,16H,1-2H3,(H,15,17)(H,18,19). The van der Waals surface area contributed by atoms with Crippen LogP contribution in [0, 0.1) is 13.8 Å². The first-order valence-corrected chi connectivity index (χ1v) is 6.65. The lowest BCUT2D eigenvalue weighted by molar-refractivity contribution is 0.0701. The van der Waals surface area contributed by atoms with Crippen LogP contribution in [0.5, 0.6) is 5.75 Å². The summed E-state index contributed by atoms with van der Waals surface area (Å²) in [5, 5.41) is 21.7. The number of phenols is 1. The monoisotopic (exact) mass is 291 g/mol. The fourth-order valence-corrected chi connectivity index (χ4v) is 2.67. The van der Waals surface area contributed by atoms with Crippen LogP contribution in [0.3, 0.4) is 0 Å². The van der Waals surface area contributed by atoms with Crippen LogP contribution in [0.4, 0.5) is 5.00 Å². The molecule has 2 aromatic rings. The molecular formula is C14H13NO4S. The smallest absolute Gasteiger partial charge is 0.346 e. The summed E-state index contributed by atoms with van der Waals surface area (Å²) in [6.07, 6.45) is 0. The summed E-state index contributed by atoms with van der Waals surface area (Å²) in [6, 6.07) is 6.32. The van der Waals surface area contributed by atoms with Crippen LogP contribution in [0.25, 0.3) is 0 Å². The van der Waals surface area contributed by atoms with Gasteiger partial charge in [-0.2, -0.15) is 0 Å². The minimum atomic E-state index is -1.02. The molecule has 0 unspecified atom stereocenters. The minimum Gasteiger partial charge on any atom is -0.507 e. The molecule has 104 valence electrons. The third-order valence-electron chi connectivity index (χ3n) is 2.75. The predicted octanol–water partition coefficient (Wildman–Crippen LogP) is 3.02. The molecule has 0 aliphatic rings. The van der Waals surface area contributed by atoms with Crippen molar-refractivity contribution >= 4 is 28.2 Å². The molecule has 0 saturated carbocycles. The number of carbonyl (C=O) groups excluding carboxylic acids is 1. The molecule has 1 amide bonds. The van der Waals surface area contributed by atoms with E-state index in [1.165, 1.54) is 6.07 Å². The van der Waals surface area contributed by atoms with E-state index in [-0.39, 0.29) is 16.2 Å². The second-order valence-electron chi connectivity index (χ2n) is 4.40. The summed E-state index contributed by atoms with van der Waals surface area (Å²) in [4.78, 5) is 23.2. The maximum Gasteiger partial charge on any atom is 0.346 e. The number of nitrogens with one attached hydrogen (secondary N) is 1. The van der Waals surface area contributed by atoms with Gasteiger partial charge in [0.25, 0.3) is 5.91 Å². The van der Waals surface area contributed by atoms with Crippen molar-refractivity contribution in [1.29, 1.82) is 0 Å². The molecule has 0 atom stereocenters. The van der Waals surface area contributed by atoms with E-state index in [0.717, 1.165) is 16.9 Å². The van der Waals surface area contributed by atoms with Gasteiger partial charge in [-0.3, -0.25) is 4.79 Å². The third-order valence-corrected chi connectivity index (χ3v) is 3.89. The van der Waals surface area contributed by atoms with E-state index in [0.29, 0.717) is 10.6 Å². The number of anilines is 1. The summed E-state index contributed by atoms with van der Waals surface area (Å²) in [5.74, 6) is -1.60. The van der Waals surface area contributed by atoms with Gasteiger partial charge in [-0.05, 0) is 37.6 Å². The zero-order valence-electron chi connectivity index (χ0n) is 10.9. The molecular weight excluding hydrogens is 278 g/mol. The van der Waals surface area contributed by atoms with Gasteiger partial charge < -0.3 is 15.5 Å². The summed E-state index contributed by atoms with van der Waals surface area (Å²) in [7, 11) is 0. The van der Waals surface area contributed by atoms with Crippen molar-refractivity contribution < 1.29 is 19.8 Å². The lowest BCUT2D eigenvalue weighted by atomic mass is 10.1. The summed E-state index contributed by atoms with van der Waals surface area (Å²) in [5.41, 5.74) is 1.60. The van der Waals surface area contributed by atoms with Gasteiger partial charge in [0, 0.05) is 0 Å². The van der Waals surface area contributed by atoms with E-state index in [9.17, 15) is 14.7 Å². The number of hydrogen-bond donors (Lipinski definition) is 3. The number of hydrogen-bond acceptors (Lipinski definition) is 4. The molecule has 0 radical (unpaired) electrons. The number of carbonyl (C=O) groups is 2. The molecule has 0 bridgehead atoms. The highest BCUT2D eigenvalue weighted by Gasteiger charge is 2.16. The van der Waals surface area contributed by atoms with E-state index < -0.39 is 11.9 Å². The number of carboxylic acids is 1. The lowest BCUT2D eigenvalue weighted by Crippen LogP contribution is -2.11. The molecule has 0 aliphatic carbocycles. The second kappa shape index (κ2) is 5.34. The van der Waals surface area contributed by atoms with Crippen molar-refractivity contribution in [2.45, 2.75) is 13.8 Å². The Labute approximate surface area is 119 Å². The topological polar surface area (TPSA) is 86.6 Å². The summed E-state index contributed by atoms with van der Waals surface area (Å²) < 4.78 is 0. The van der Waals surface area contributed by atoms with E-state index in [2.05, 4.69) is 5.32 Å². The normalized spacial score (nSPS) is 10.3. The van der Waals surface area contributed by atoms with Crippen LogP contribution in [0.15, 0.2) is 24.3 Å². The number of aromatic hydroxyl groups is 1. The van der Waals surface area contributed by atoms with E-state index in [1.807, 2.05) is 6.92 Å². The molecule has 0 spiro atoms. The molecule has 6 heteroatoms. The van der Waals surface area contributed by atoms with Crippen molar-refractivity contribution in [3.8, 4) is 5.75 Å². The molecule has 2 rings (SSSR count). The predicted molar refractivity (Wildman–Crippen MR) is 76.8 cm³/mol. The van der Waals surface area contributed by atoms with Crippen LogP contribution in [0.1, 0.15) is 31.2 Å². The average molecular weight is 291 g/mol. The number of thiophene rings is 1. The highest BCUT2D eigenvalue weighted by Crippen LogP contribution is 2.28. The van der Waals surface area contributed by atoms with Gasteiger partial charge in [0.05, 0.1) is 10.6 Å². The van der Waals surface area contributed by atoms with Gasteiger partial charge in [-0.1, -0.05) is 11.6 Å². The van der Waals surface area contributed by atoms with Crippen LogP contribution in [0.2, 0.25) is 0 Å². The summed E-state index contributed by atoms with van der Waals surface area (Å²) in [6.45, 7) is 3.48. The quantitative estimate of drug-likeness (QED) is 0.811. The maximum absolute atomic E-state index is 12.1. The van der Waals surface area contributed by atoms with E-state index in [1.54, 1.807) is 25.1 Å². The molecule has 0 aliphatic heterocycles. The Balaban J connectivity index is 2.26. The van der Waals surface area contributed by atoms with Gasteiger partial charge in [-0.25, -0.2) is 4.79 Å². The number of amides is 1. The van der Waals surface area contributed by atoms with Crippen molar-refractivity contribution in [1.82, 2.24) is 0 Å². The highest BCUT2D eigenvalue weighted by molar-refractivity contribution is 7.18. The SMILES string of the molecule is Cc1ccc(O)c(C(=O)Nc2cc(C)c(C(=O)O)s2)c1. The Hall–Kier alpha value is -2.34. The van der Waals surface area contributed by atoms with Gasteiger partial charge in [0.15, 0.2) is 0 Å². The molecule has 0 saturated heterocycles.